The topological polar surface area (TPSA) is 30.9 Å². The normalized spacial score (nSPS) is 24.6. The average molecular weight is 294 g/mol. The zero-order valence-electron chi connectivity index (χ0n) is 14.5. The third kappa shape index (κ3) is 5.17. The number of aliphatic imine (C=N–C) groups is 1. The van der Waals surface area contributed by atoms with Crippen LogP contribution in [0.2, 0.25) is 0 Å². The summed E-state index contributed by atoms with van der Waals surface area (Å²) < 4.78 is 0. The molecule has 122 valence electrons. The lowest BCUT2D eigenvalue weighted by atomic mass is 9.93. The van der Waals surface area contributed by atoms with Crippen molar-refractivity contribution in [1.29, 1.82) is 0 Å². The number of piperidine rings is 1. The van der Waals surface area contributed by atoms with E-state index in [1.165, 1.54) is 38.8 Å². The highest BCUT2D eigenvalue weighted by Gasteiger charge is 2.30. The van der Waals surface area contributed by atoms with Crippen LogP contribution in [0.5, 0.6) is 0 Å². The van der Waals surface area contributed by atoms with Gasteiger partial charge in [0, 0.05) is 26.2 Å². The lowest BCUT2D eigenvalue weighted by Gasteiger charge is -2.28. The van der Waals surface area contributed by atoms with Gasteiger partial charge in [-0.1, -0.05) is 13.8 Å². The summed E-state index contributed by atoms with van der Waals surface area (Å²) in [6.07, 6.45) is 5.21. The van der Waals surface area contributed by atoms with E-state index in [0.717, 1.165) is 38.1 Å². The Morgan fingerprint density at radius 1 is 1.24 bits per heavy atom. The summed E-state index contributed by atoms with van der Waals surface area (Å²) in [4.78, 5) is 9.78. The Labute approximate surface area is 131 Å². The first-order valence-electron chi connectivity index (χ1n) is 8.72. The van der Waals surface area contributed by atoms with Crippen LogP contribution in [0.15, 0.2) is 4.99 Å². The van der Waals surface area contributed by atoms with Gasteiger partial charge >= 0.3 is 0 Å². The van der Waals surface area contributed by atoms with Crippen LogP contribution in [0.1, 0.15) is 46.5 Å². The first-order chi connectivity index (χ1) is 10.00. The number of nitrogens with one attached hydrogen (secondary N) is 1. The Balaban J connectivity index is 1.81. The van der Waals surface area contributed by atoms with Crippen molar-refractivity contribution in [1.82, 2.24) is 15.1 Å². The van der Waals surface area contributed by atoms with Crippen molar-refractivity contribution >= 4 is 5.96 Å². The second-order valence-electron chi connectivity index (χ2n) is 7.61. The van der Waals surface area contributed by atoms with Crippen LogP contribution >= 0.6 is 0 Å². The Morgan fingerprint density at radius 3 is 2.52 bits per heavy atom. The van der Waals surface area contributed by atoms with Crippen LogP contribution in [0.3, 0.4) is 0 Å². The summed E-state index contributed by atoms with van der Waals surface area (Å²) in [5.41, 5.74) is 0.435. The Hall–Kier alpha value is -0.770. The van der Waals surface area contributed by atoms with Gasteiger partial charge in [-0.05, 0) is 64.1 Å². The molecule has 0 aromatic carbocycles. The first kappa shape index (κ1) is 16.6. The maximum absolute atomic E-state index is 4.89. The van der Waals surface area contributed by atoms with Gasteiger partial charge in [0.25, 0.3) is 0 Å². The number of hydrogen-bond donors (Lipinski definition) is 1. The zero-order valence-corrected chi connectivity index (χ0v) is 14.5. The number of nitrogens with zero attached hydrogens (tertiary/aromatic N) is 3. The highest BCUT2D eigenvalue weighted by molar-refractivity contribution is 5.80. The first-order valence-corrected chi connectivity index (χ1v) is 8.72. The van der Waals surface area contributed by atoms with Gasteiger partial charge < -0.3 is 15.1 Å². The molecule has 0 bridgehead atoms. The third-order valence-corrected chi connectivity index (χ3v) is 4.95. The van der Waals surface area contributed by atoms with Crippen molar-refractivity contribution in [3.8, 4) is 0 Å². The Morgan fingerprint density at radius 2 is 1.95 bits per heavy atom. The fourth-order valence-electron chi connectivity index (χ4n) is 3.42. The molecule has 0 radical (unpaired) electrons. The summed E-state index contributed by atoms with van der Waals surface area (Å²) in [5.74, 6) is 2.01. The fourth-order valence-corrected chi connectivity index (χ4v) is 3.42. The summed E-state index contributed by atoms with van der Waals surface area (Å²) in [7, 11) is 2.23. The molecule has 2 saturated heterocycles. The molecule has 2 rings (SSSR count). The minimum absolute atomic E-state index is 0.435. The van der Waals surface area contributed by atoms with Crippen molar-refractivity contribution in [3.63, 3.8) is 0 Å². The fraction of sp³-hybridized carbons (Fsp3) is 0.941. The molecule has 0 saturated carbocycles. The van der Waals surface area contributed by atoms with Crippen molar-refractivity contribution in [2.75, 3.05) is 46.3 Å². The van der Waals surface area contributed by atoms with E-state index in [1.807, 2.05) is 0 Å². The lowest BCUT2D eigenvalue weighted by Crippen LogP contribution is -2.41. The monoisotopic (exact) mass is 294 g/mol. The van der Waals surface area contributed by atoms with Gasteiger partial charge in [0.15, 0.2) is 5.96 Å². The molecular formula is C17H34N4. The van der Waals surface area contributed by atoms with Crippen LogP contribution in [0.4, 0.5) is 0 Å². The minimum atomic E-state index is 0.435. The number of hydrogen-bond acceptors (Lipinski definition) is 2. The second kappa shape index (κ2) is 7.48. The molecule has 0 aliphatic carbocycles. The maximum Gasteiger partial charge on any atom is 0.193 e. The minimum Gasteiger partial charge on any atom is -0.357 e. The Bertz CT molecular complexity index is 343. The van der Waals surface area contributed by atoms with Crippen molar-refractivity contribution in [2.45, 2.75) is 46.5 Å². The van der Waals surface area contributed by atoms with Crippen LogP contribution < -0.4 is 5.32 Å². The Kier molecular flexibility index (Phi) is 5.91. The molecule has 1 N–H and O–H groups in total. The summed E-state index contributed by atoms with van der Waals surface area (Å²) in [5, 5.41) is 3.47. The molecular weight excluding hydrogens is 260 g/mol. The predicted octanol–water partition coefficient (Wildman–Crippen LogP) is 2.42. The van der Waals surface area contributed by atoms with E-state index in [-0.39, 0.29) is 0 Å². The van der Waals surface area contributed by atoms with Gasteiger partial charge in [0.05, 0.1) is 0 Å². The summed E-state index contributed by atoms with van der Waals surface area (Å²) >= 11 is 0. The molecule has 4 nitrogen and oxygen atoms in total. The van der Waals surface area contributed by atoms with Crippen LogP contribution in [-0.2, 0) is 0 Å². The number of likely N-dealkylation sites (tertiary alicyclic amines) is 2. The van der Waals surface area contributed by atoms with Crippen molar-refractivity contribution in [2.24, 2.45) is 16.3 Å². The molecule has 0 atom stereocenters. The molecule has 2 fully saturated rings. The van der Waals surface area contributed by atoms with Crippen LogP contribution in [0.25, 0.3) is 0 Å². The van der Waals surface area contributed by atoms with Gasteiger partial charge in [0.1, 0.15) is 0 Å². The predicted molar refractivity (Wildman–Crippen MR) is 90.8 cm³/mol. The second-order valence-corrected chi connectivity index (χ2v) is 7.61. The molecule has 21 heavy (non-hydrogen) atoms. The summed E-state index contributed by atoms with van der Waals surface area (Å²) in [6.45, 7) is 13.6. The number of rotatable bonds is 4. The van der Waals surface area contributed by atoms with Crippen molar-refractivity contribution in [3.05, 3.63) is 0 Å². The van der Waals surface area contributed by atoms with Gasteiger partial charge in [-0.15, -0.1) is 0 Å². The van der Waals surface area contributed by atoms with Gasteiger partial charge in [-0.2, -0.15) is 0 Å². The van der Waals surface area contributed by atoms with Crippen LogP contribution in [-0.4, -0.2) is 62.1 Å². The smallest absolute Gasteiger partial charge is 0.193 e. The molecule has 2 aliphatic rings. The van der Waals surface area contributed by atoms with E-state index in [9.17, 15) is 0 Å². The van der Waals surface area contributed by atoms with Crippen LogP contribution in [0, 0.1) is 11.3 Å². The maximum atomic E-state index is 4.89. The zero-order chi connectivity index (χ0) is 15.3. The highest BCUT2D eigenvalue weighted by atomic mass is 15.3. The molecule has 2 aliphatic heterocycles. The SMILES string of the molecule is CCNC(=NCCC1CCN(C)CC1)N1CCC(C)(C)C1. The highest BCUT2D eigenvalue weighted by Crippen LogP contribution is 2.28. The molecule has 0 unspecified atom stereocenters. The van der Waals surface area contributed by atoms with Gasteiger partial charge in [0.2, 0.25) is 0 Å². The molecule has 0 aromatic heterocycles. The number of guanidine groups is 1. The molecule has 0 amide bonds. The molecule has 0 aromatic rings. The summed E-state index contributed by atoms with van der Waals surface area (Å²) in [6, 6.07) is 0. The largest absolute Gasteiger partial charge is 0.357 e. The van der Waals surface area contributed by atoms with Crippen molar-refractivity contribution < 1.29 is 0 Å². The van der Waals surface area contributed by atoms with Gasteiger partial charge in [-0.3, -0.25) is 4.99 Å². The quantitative estimate of drug-likeness (QED) is 0.638. The van der Waals surface area contributed by atoms with E-state index in [1.54, 1.807) is 0 Å². The van der Waals surface area contributed by atoms with E-state index in [0.29, 0.717) is 5.41 Å². The molecule has 4 heteroatoms. The lowest BCUT2D eigenvalue weighted by molar-refractivity contribution is 0.214. The van der Waals surface area contributed by atoms with E-state index in [4.69, 9.17) is 4.99 Å². The standard InChI is InChI=1S/C17H34N4/c1-5-18-16(21-13-9-17(2,3)14-21)19-10-6-15-7-11-20(4)12-8-15/h15H,5-14H2,1-4H3,(H,18,19). The van der Waals surface area contributed by atoms with E-state index in [2.05, 4.69) is 42.9 Å². The third-order valence-electron chi connectivity index (χ3n) is 4.95. The van der Waals surface area contributed by atoms with E-state index < -0.39 is 0 Å². The molecule has 0 spiro atoms. The van der Waals surface area contributed by atoms with E-state index >= 15 is 0 Å². The average Bonchev–Trinajstić information content (AvgIpc) is 2.80. The molecule has 2 heterocycles. The van der Waals surface area contributed by atoms with Gasteiger partial charge in [-0.25, -0.2) is 0 Å².